The van der Waals surface area contributed by atoms with Crippen LogP contribution in [-0.4, -0.2) is 34.7 Å². The average Bonchev–Trinajstić information content (AvgIpc) is 3.66. The van der Waals surface area contributed by atoms with Crippen LogP contribution in [0.5, 0.6) is 16.7 Å². The molecule has 0 aliphatic carbocycles. The molecular formula is C29H23FN4O5S. The van der Waals surface area contributed by atoms with E-state index in [0.29, 0.717) is 49.9 Å². The Morgan fingerprint density at radius 1 is 1.10 bits per heavy atom. The van der Waals surface area contributed by atoms with Gasteiger partial charge in [-0.15, -0.1) is 5.10 Å². The molecular weight excluding hydrogens is 535 g/mol. The minimum absolute atomic E-state index is 0.0105. The van der Waals surface area contributed by atoms with Crippen molar-refractivity contribution < 1.29 is 27.8 Å². The van der Waals surface area contributed by atoms with Gasteiger partial charge in [-0.1, -0.05) is 24.3 Å². The number of fused-ring (bicyclic) bond motifs is 2. The van der Waals surface area contributed by atoms with Crippen LogP contribution in [0.3, 0.4) is 0 Å². The molecule has 3 heterocycles. The second-order valence-electron chi connectivity index (χ2n) is 8.95. The maximum atomic E-state index is 14.4. The van der Waals surface area contributed by atoms with Crippen molar-refractivity contribution in [3.05, 3.63) is 89.4 Å². The Morgan fingerprint density at radius 2 is 1.95 bits per heavy atom. The fourth-order valence-electron chi connectivity index (χ4n) is 4.25. The first-order chi connectivity index (χ1) is 19.4. The van der Waals surface area contributed by atoms with Gasteiger partial charge in [-0.25, -0.2) is 13.9 Å². The van der Waals surface area contributed by atoms with Crippen LogP contribution in [0.15, 0.2) is 71.3 Å². The van der Waals surface area contributed by atoms with Gasteiger partial charge in [0.1, 0.15) is 35.2 Å². The summed E-state index contributed by atoms with van der Waals surface area (Å²) in [6, 6.07) is 17.3. The molecule has 0 atom stereocenters. The summed E-state index contributed by atoms with van der Waals surface area (Å²) in [5.41, 5.74) is 2.92. The number of methoxy groups -OCH3 is 2. The maximum absolute atomic E-state index is 14.4. The van der Waals surface area contributed by atoms with E-state index in [0.717, 1.165) is 10.9 Å². The number of ether oxygens (including phenoxy) is 3. The zero-order valence-corrected chi connectivity index (χ0v) is 22.5. The molecule has 0 bridgehead atoms. The number of halogens is 1. The molecule has 0 fully saturated rings. The summed E-state index contributed by atoms with van der Waals surface area (Å²) in [5, 5.41) is 8.33. The Hall–Kier alpha value is -4.90. The number of imidazole rings is 1. The van der Waals surface area contributed by atoms with E-state index in [1.807, 2.05) is 12.1 Å². The number of aromatic nitrogens is 3. The summed E-state index contributed by atoms with van der Waals surface area (Å²) >= 11 is 1.33. The third-order valence-electron chi connectivity index (χ3n) is 6.28. The van der Waals surface area contributed by atoms with E-state index < -0.39 is 11.7 Å². The molecule has 3 aromatic heterocycles. The number of benzene rings is 3. The number of carbonyl (C=O) groups is 1. The molecule has 0 spiro atoms. The van der Waals surface area contributed by atoms with Gasteiger partial charge < -0.3 is 23.9 Å². The zero-order valence-electron chi connectivity index (χ0n) is 21.7. The summed E-state index contributed by atoms with van der Waals surface area (Å²) in [6.45, 7) is 1.82. The normalized spacial score (nSPS) is 11.2. The molecule has 0 aliphatic heterocycles. The van der Waals surface area contributed by atoms with E-state index in [1.165, 1.54) is 17.4 Å². The number of furan rings is 1. The van der Waals surface area contributed by atoms with Gasteiger partial charge in [-0.05, 0) is 53.7 Å². The largest absolute Gasteiger partial charge is 0.496 e. The lowest BCUT2D eigenvalue weighted by Gasteiger charge is -2.11. The van der Waals surface area contributed by atoms with Gasteiger partial charge in [0.15, 0.2) is 5.76 Å². The van der Waals surface area contributed by atoms with E-state index in [9.17, 15) is 9.18 Å². The molecule has 6 aromatic rings. The van der Waals surface area contributed by atoms with Gasteiger partial charge in [0.05, 0.1) is 31.4 Å². The van der Waals surface area contributed by atoms with Crippen LogP contribution in [0.4, 0.5) is 10.1 Å². The minimum Gasteiger partial charge on any atom is -0.496 e. The maximum Gasteiger partial charge on any atom is 0.294 e. The molecule has 202 valence electrons. The van der Waals surface area contributed by atoms with E-state index in [4.69, 9.17) is 18.6 Å². The molecule has 9 nitrogen and oxygen atoms in total. The van der Waals surface area contributed by atoms with E-state index in [-0.39, 0.29) is 12.2 Å². The lowest BCUT2D eigenvalue weighted by Crippen LogP contribution is -2.14. The third-order valence-corrected chi connectivity index (χ3v) is 7.16. The number of anilines is 1. The van der Waals surface area contributed by atoms with E-state index in [2.05, 4.69) is 15.4 Å². The topological polar surface area (TPSA) is 100 Å². The van der Waals surface area contributed by atoms with Crippen molar-refractivity contribution in [1.29, 1.82) is 0 Å². The van der Waals surface area contributed by atoms with Crippen LogP contribution in [0, 0.1) is 12.7 Å². The molecule has 0 unspecified atom stereocenters. The highest BCUT2D eigenvalue weighted by Crippen LogP contribution is 2.37. The number of amides is 1. The molecule has 40 heavy (non-hydrogen) atoms. The Morgan fingerprint density at radius 3 is 2.75 bits per heavy atom. The first-order valence-corrected chi connectivity index (χ1v) is 13.0. The number of aryl methyl sites for hydroxylation is 1. The number of nitrogens with one attached hydrogen (secondary N) is 1. The number of nitrogens with zero attached hydrogens (tertiary/aromatic N) is 3. The molecule has 0 saturated carbocycles. The van der Waals surface area contributed by atoms with Gasteiger partial charge >= 0.3 is 0 Å². The molecule has 1 N–H and O–H groups in total. The van der Waals surface area contributed by atoms with Crippen LogP contribution in [-0.2, 0) is 6.61 Å². The van der Waals surface area contributed by atoms with Crippen molar-refractivity contribution in [3.63, 3.8) is 0 Å². The Labute approximate surface area is 231 Å². The molecule has 0 radical (unpaired) electrons. The van der Waals surface area contributed by atoms with Gasteiger partial charge in [0.2, 0.25) is 4.96 Å². The van der Waals surface area contributed by atoms with Gasteiger partial charge in [0, 0.05) is 17.8 Å². The van der Waals surface area contributed by atoms with Crippen molar-refractivity contribution >= 4 is 38.9 Å². The van der Waals surface area contributed by atoms with Crippen LogP contribution in [0.2, 0.25) is 0 Å². The highest BCUT2D eigenvalue weighted by atomic mass is 32.1. The smallest absolute Gasteiger partial charge is 0.294 e. The van der Waals surface area contributed by atoms with E-state index in [1.54, 1.807) is 74.3 Å². The Kier molecular flexibility index (Phi) is 6.56. The average molecular weight is 559 g/mol. The molecule has 3 aromatic carbocycles. The van der Waals surface area contributed by atoms with E-state index >= 15 is 0 Å². The zero-order chi connectivity index (χ0) is 27.8. The van der Waals surface area contributed by atoms with Crippen LogP contribution in [0.1, 0.15) is 21.5 Å². The number of hydrogen-bond acceptors (Lipinski definition) is 8. The summed E-state index contributed by atoms with van der Waals surface area (Å²) < 4.78 is 38.9. The quantitative estimate of drug-likeness (QED) is 0.228. The second-order valence-corrected chi connectivity index (χ2v) is 9.87. The SMILES string of the molecule is COc1cc(OCc2cccc(NC(=O)c3cccc(C)c3F)c2)c2cc(-c3cn4nc(OC)sc4n3)oc2c1. The minimum atomic E-state index is -0.535. The fraction of sp³-hybridized carbons (Fsp3) is 0.138. The summed E-state index contributed by atoms with van der Waals surface area (Å²) in [5.74, 6) is 0.626. The molecule has 0 saturated heterocycles. The monoisotopic (exact) mass is 558 g/mol. The van der Waals surface area contributed by atoms with Crippen LogP contribution >= 0.6 is 11.3 Å². The van der Waals surface area contributed by atoms with Crippen molar-refractivity contribution in [2.24, 2.45) is 0 Å². The highest BCUT2D eigenvalue weighted by Gasteiger charge is 2.18. The summed E-state index contributed by atoms with van der Waals surface area (Å²) in [4.78, 5) is 17.9. The summed E-state index contributed by atoms with van der Waals surface area (Å²) in [6.07, 6.45) is 1.77. The standard InChI is InChI=1S/C29H23FN4O5S/c1-16-6-4-9-20(26(16)30)27(35)31-18-8-5-7-17(10-18)15-38-23-11-19(36-2)12-24-21(23)13-25(39-24)22-14-34-28(32-22)40-29(33-34)37-3/h4-14H,15H2,1-3H3,(H,31,35). The van der Waals surface area contributed by atoms with Gasteiger partial charge in [-0.2, -0.15) is 0 Å². The predicted octanol–water partition coefficient (Wildman–Crippen LogP) is 6.50. The lowest BCUT2D eigenvalue weighted by molar-refractivity contribution is 0.102. The third kappa shape index (κ3) is 4.82. The van der Waals surface area contributed by atoms with Crippen molar-refractivity contribution in [2.75, 3.05) is 19.5 Å². The Balaban J connectivity index is 1.23. The molecule has 11 heteroatoms. The van der Waals surface area contributed by atoms with Crippen molar-refractivity contribution in [2.45, 2.75) is 13.5 Å². The number of rotatable bonds is 8. The number of carbonyl (C=O) groups excluding carboxylic acids is 1. The molecule has 0 aliphatic rings. The molecule has 1 amide bonds. The first kappa shape index (κ1) is 25.4. The van der Waals surface area contributed by atoms with Crippen molar-refractivity contribution in [3.8, 4) is 28.1 Å². The number of hydrogen-bond donors (Lipinski definition) is 1. The highest BCUT2D eigenvalue weighted by molar-refractivity contribution is 7.18. The fourth-order valence-corrected chi connectivity index (χ4v) is 4.95. The summed E-state index contributed by atoms with van der Waals surface area (Å²) in [7, 11) is 3.13. The molecule has 6 rings (SSSR count). The lowest BCUT2D eigenvalue weighted by atomic mass is 10.1. The van der Waals surface area contributed by atoms with Crippen molar-refractivity contribution in [1.82, 2.24) is 14.6 Å². The van der Waals surface area contributed by atoms with Crippen LogP contribution in [0.25, 0.3) is 27.4 Å². The van der Waals surface area contributed by atoms with Gasteiger partial charge in [-0.3, -0.25) is 4.79 Å². The Bertz CT molecular complexity index is 1840. The second kappa shape index (κ2) is 10.3. The van der Waals surface area contributed by atoms with Crippen LogP contribution < -0.4 is 19.5 Å². The van der Waals surface area contributed by atoms with Gasteiger partial charge in [0.25, 0.3) is 11.1 Å². The first-order valence-electron chi connectivity index (χ1n) is 12.2. The predicted molar refractivity (Wildman–Crippen MR) is 149 cm³/mol.